The zero-order chi connectivity index (χ0) is 11.7. The van der Waals surface area contributed by atoms with Gasteiger partial charge in [0, 0.05) is 12.1 Å². The van der Waals surface area contributed by atoms with E-state index in [9.17, 15) is 0 Å². The minimum Gasteiger partial charge on any atom is -0.379 e. The van der Waals surface area contributed by atoms with E-state index in [-0.39, 0.29) is 5.54 Å². The van der Waals surface area contributed by atoms with Crippen LogP contribution in [0.2, 0.25) is 0 Å². The highest BCUT2D eigenvalue weighted by Crippen LogP contribution is 1.97. The van der Waals surface area contributed by atoms with Gasteiger partial charge in [0.05, 0.1) is 19.3 Å². The van der Waals surface area contributed by atoms with Crippen LogP contribution in [0.5, 0.6) is 0 Å². The fourth-order valence-electron chi connectivity index (χ4n) is 1.08. The van der Waals surface area contributed by atoms with Crippen LogP contribution in [-0.4, -0.2) is 38.0 Å². The van der Waals surface area contributed by atoms with Gasteiger partial charge in [-0.05, 0) is 47.6 Å². The van der Waals surface area contributed by atoms with Crippen molar-refractivity contribution in [2.45, 2.75) is 52.7 Å². The van der Waals surface area contributed by atoms with Crippen molar-refractivity contribution in [1.29, 1.82) is 0 Å². The Bertz CT molecular complexity index is 141. The third-order valence-corrected chi connectivity index (χ3v) is 1.80. The maximum absolute atomic E-state index is 5.43. The first kappa shape index (κ1) is 14.9. The monoisotopic (exact) mass is 217 g/mol. The van der Waals surface area contributed by atoms with Gasteiger partial charge in [-0.15, -0.1) is 0 Å². The van der Waals surface area contributed by atoms with E-state index < -0.39 is 0 Å². The van der Waals surface area contributed by atoms with Gasteiger partial charge in [0.2, 0.25) is 0 Å². The second-order valence-corrected chi connectivity index (χ2v) is 5.06. The van der Waals surface area contributed by atoms with Crippen LogP contribution in [0.25, 0.3) is 0 Å². The van der Waals surface area contributed by atoms with Gasteiger partial charge < -0.3 is 14.8 Å². The first-order valence-electron chi connectivity index (χ1n) is 5.86. The summed E-state index contributed by atoms with van der Waals surface area (Å²) in [6.45, 7) is 13.8. The van der Waals surface area contributed by atoms with Crippen molar-refractivity contribution < 1.29 is 9.47 Å². The highest BCUT2D eigenvalue weighted by atomic mass is 16.5. The minimum atomic E-state index is 0.209. The third-order valence-electron chi connectivity index (χ3n) is 1.80. The molecule has 0 saturated heterocycles. The molecule has 0 unspecified atom stereocenters. The molecule has 1 N–H and O–H groups in total. The van der Waals surface area contributed by atoms with Crippen molar-refractivity contribution in [2.75, 3.05) is 26.4 Å². The zero-order valence-corrected chi connectivity index (χ0v) is 10.9. The smallest absolute Gasteiger partial charge is 0.0703 e. The van der Waals surface area contributed by atoms with E-state index in [1.54, 1.807) is 0 Å². The molecule has 15 heavy (non-hydrogen) atoms. The van der Waals surface area contributed by atoms with Crippen LogP contribution in [0, 0.1) is 0 Å². The first-order valence-corrected chi connectivity index (χ1v) is 5.86. The summed E-state index contributed by atoms with van der Waals surface area (Å²) >= 11 is 0. The summed E-state index contributed by atoms with van der Waals surface area (Å²) in [7, 11) is 0. The Morgan fingerprint density at radius 2 is 1.73 bits per heavy atom. The molecule has 0 aliphatic heterocycles. The molecule has 0 aromatic rings. The Kier molecular flexibility index (Phi) is 8.02. The van der Waals surface area contributed by atoms with Crippen molar-refractivity contribution >= 4 is 0 Å². The highest BCUT2D eigenvalue weighted by molar-refractivity contribution is 4.69. The molecule has 0 amide bonds. The fraction of sp³-hybridized carbons (Fsp3) is 1.00. The average molecular weight is 217 g/mol. The molecule has 3 heteroatoms. The van der Waals surface area contributed by atoms with Gasteiger partial charge >= 0.3 is 0 Å². The molecular weight excluding hydrogens is 190 g/mol. The van der Waals surface area contributed by atoms with Crippen molar-refractivity contribution in [1.82, 2.24) is 5.32 Å². The van der Waals surface area contributed by atoms with Crippen molar-refractivity contribution in [2.24, 2.45) is 0 Å². The van der Waals surface area contributed by atoms with Gasteiger partial charge in [-0.1, -0.05) is 0 Å². The van der Waals surface area contributed by atoms with Gasteiger partial charge in [-0.2, -0.15) is 0 Å². The van der Waals surface area contributed by atoms with Gasteiger partial charge in [-0.25, -0.2) is 0 Å². The lowest BCUT2D eigenvalue weighted by Gasteiger charge is -2.20. The zero-order valence-electron chi connectivity index (χ0n) is 10.9. The van der Waals surface area contributed by atoms with Gasteiger partial charge in [-0.3, -0.25) is 0 Å². The number of hydrogen-bond acceptors (Lipinski definition) is 3. The molecular formula is C12H27NO2. The summed E-state index contributed by atoms with van der Waals surface area (Å²) in [5.74, 6) is 0. The molecule has 0 atom stereocenters. The largest absolute Gasteiger partial charge is 0.379 e. The summed E-state index contributed by atoms with van der Waals surface area (Å²) in [6.07, 6.45) is 1.36. The topological polar surface area (TPSA) is 30.5 Å². The lowest BCUT2D eigenvalue weighted by molar-refractivity contribution is 0.0189. The number of hydrogen-bond donors (Lipinski definition) is 1. The van der Waals surface area contributed by atoms with E-state index in [1.807, 2.05) is 13.8 Å². The Hall–Kier alpha value is -0.120. The molecule has 0 rings (SSSR count). The van der Waals surface area contributed by atoms with Crippen LogP contribution in [-0.2, 0) is 9.47 Å². The van der Waals surface area contributed by atoms with E-state index >= 15 is 0 Å². The lowest BCUT2D eigenvalue weighted by Crippen LogP contribution is -2.36. The second-order valence-electron chi connectivity index (χ2n) is 5.06. The molecule has 0 aromatic carbocycles. The molecule has 0 bridgehead atoms. The molecule has 0 spiro atoms. The summed E-state index contributed by atoms with van der Waals surface area (Å²) in [4.78, 5) is 0. The van der Waals surface area contributed by atoms with Gasteiger partial charge in [0.25, 0.3) is 0 Å². The third kappa shape index (κ3) is 13.9. The maximum atomic E-state index is 5.43. The van der Waals surface area contributed by atoms with Crippen molar-refractivity contribution in [3.63, 3.8) is 0 Å². The Balaban J connectivity index is 3.06. The van der Waals surface area contributed by atoms with Gasteiger partial charge in [0.1, 0.15) is 0 Å². The van der Waals surface area contributed by atoms with Crippen LogP contribution in [0.4, 0.5) is 0 Å². The molecule has 0 aromatic heterocycles. The predicted octanol–water partition coefficient (Wildman–Crippen LogP) is 2.21. The van der Waals surface area contributed by atoms with Crippen LogP contribution in [0.15, 0.2) is 0 Å². The second kappa shape index (κ2) is 8.08. The van der Waals surface area contributed by atoms with Crippen LogP contribution in [0.3, 0.4) is 0 Å². The Morgan fingerprint density at radius 1 is 1.07 bits per heavy atom. The van der Waals surface area contributed by atoms with Crippen LogP contribution >= 0.6 is 0 Å². The molecule has 0 radical (unpaired) electrons. The normalized spacial score (nSPS) is 12.4. The first-order chi connectivity index (χ1) is 6.92. The van der Waals surface area contributed by atoms with E-state index in [1.165, 1.54) is 0 Å². The Morgan fingerprint density at radius 3 is 2.27 bits per heavy atom. The molecule has 92 valence electrons. The molecule has 0 aliphatic carbocycles. The van der Waals surface area contributed by atoms with Crippen molar-refractivity contribution in [3.05, 3.63) is 0 Å². The Labute approximate surface area is 94.5 Å². The highest BCUT2D eigenvalue weighted by Gasteiger charge is 2.06. The maximum Gasteiger partial charge on any atom is 0.0703 e. The average Bonchev–Trinajstić information content (AvgIpc) is 2.07. The van der Waals surface area contributed by atoms with E-state index in [4.69, 9.17) is 9.47 Å². The number of ether oxygens (including phenoxy) is 2. The molecule has 0 saturated carbocycles. The molecule has 3 nitrogen and oxygen atoms in total. The summed E-state index contributed by atoms with van der Waals surface area (Å²) in [5, 5.41) is 3.42. The molecule has 0 heterocycles. The van der Waals surface area contributed by atoms with Crippen LogP contribution < -0.4 is 5.32 Å². The number of rotatable bonds is 8. The lowest BCUT2D eigenvalue weighted by atomic mass is 10.1. The number of nitrogens with one attached hydrogen (secondary N) is 1. The summed E-state index contributed by atoms with van der Waals surface area (Å²) < 4.78 is 10.8. The quantitative estimate of drug-likeness (QED) is 0.632. The predicted molar refractivity (Wildman–Crippen MR) is 64.3 cm³/mol. The van der Waals surface area contributed by atoms with E-state index in [0.717, 1.165) is 19.6 Å². The van der Waals surface area contributed by atoms with E-state index in [0.29, 0.717) is 19.3 Å². The summed E-state index contributed by atoms with van der Waals surface area (Å²) in [5.41, 5.74) is 0.209. The van der Waals surface area contributed by atoms with Crippen LogP contribution in [0.1, 0.15) is 41.0 Å². The summed E-state index contributed by atoms with van der Waals surface area (Å²) in [6, 6.07) is 0. The fourth-order valence-corrected chi connectivity index (χ4v) is 1.08. The minimum absolute atomic E-state index is 0.209. The molecule has 0 aliphatic rings. The van der Waals surface area contributed by atoms with E-state index in [2.05, 4.69) is 26.1 Å². The SMILES string of the molecule is CC(C)OCCOCCCNC(C)(C)C. The standard InChI is InChI=1S/C12H27NO2/c1-11(2)15-10-9-14-8-6-7-13-12(3,4)5/h11,13H,6-10H2,1-5H3. The van der Waals surface area contributed by atoms with Crippen molar-refractivity contribution in [3.8, 4) is 0 Å². The molecule has 0 fully saturated rings. The van der Waals surface area contributed by atoms with Gasteiger partial charge in [0.15, 0.2) is 0 Å².